The van der Waals surface area contributed by atoms with Gasteiger partial charge >= 0.3 is 0 Å². The van der Waals surface area contributed by atoms with Crippen LogP contribution in [0.4, 0.5) is 5.82 Å². The Hall–Kier alpha value is -2.19. The van der Waals surface area contributed by atoms with E-state index in [0.29, 0.717) is 36.6 Å². The Morgan fingerprint density at radius 1 is 1.12 bits per heavy atom. The number of carbonyl (C=O) groups is 1. The molecule has 3 rings (SSSR count). The molecule has 1 N–H and O–H groups in total. The molecule has 1 aromatic carbocycles. The molecular formula is C18H24N4O3S. The number of piperidine rings is 1. The third-order valence-corrected chi connectivity index (χ3v) is 6.41. The Morgan fingerprint density at radius 2 is 1.81 bits per heavy atom. The molecule has 0 atom stereocenters. The summed E-state index contributed by atoms with van der Waals surface area (Å²) in [6, 6.07) is 8.57. The lowest BCUT2D eigenvalue weighted by atomic mass is 10.1. The molecule has 1 aromatic heterocycles. The van der Waals surface area contributed by atoms with Gasteiger partial charge in [-0.05, 0) is 37.0 Å². The highest BCUT2D eigenvalue weighted by atomic mass is 32.2. The van der Waals surface area contributed by atoms with Gasteiger partial charge in [-0.25, -0.2) is 8.42 Å². The molecule has 0 spiro atoms. The molecule has 1 aliphatic rings. The molecule has 7 nitrogen and oxygen atoms in total. The highest BCUT2D eigenvalue weighted by molar-refractivity contribution is 7.89. The van der Waals surface area contributed by atoms with Crippen molar-refractivity contribution in [2.45, 2.75) is 37.0 Å². The summed E-state index contributed by atoms with van der Waals surface area (Å²) in [6.45, 7) is 1.19. The quantitative estimate of drug-likeness (QED) is 0.837. The van der Waals surface area contributed by atoms with E-state index in [-0.39, 0.29) is 5.91 Å². The van der Waals surface area contributed by atoms with Gasteiger partial charge in [-0.3, -0.25) is 9.48 Å². The lowest BCUT2D eigenvalue weighted by Gasteiger charge is -2.25. The number of aryl methyl sites for hydroxylation is 2. The molecule has 140 valence electrons. The van der Waals surface area contributed by atoms with Crippen LogP contribution in [0.15, 0.2) is 41.4 Å². The molecule has 1 amide bonds. The largest absolute Gasteiger partial charge is 0.309 e. The van der Waals surface area contributed by atoms with Crippen molar-refractivity contribution in [3.63, 3.8) is 0 Å². The molecule has 0 radical (unpaired) electrons. The van der Waals surface area contributed by atoms with Gasteiger partial charge in [0.2, 0.25) is 15.9 Å². The highest BCUT2D eigenvalue weighted by Gasteiger charge is 2.25. The molecule has 0 saturated carbocycles. The summed E-state index contributed by atoms with van der Waals surface area (Å²) in [7, 11) is -1.62. The van der Waals surface area contributed by atoms with Crippen LogP contribution in [-0.2, 0) is 28.3 Å². The van der Waals surface area contributed by atoms with Crippen LogP contribution in [0.5, 0.6) is 0 Å². The van der Waals surface area contributed by atoms with Crippen molar-refractivity contribution in [1.82, 2.24) is 14.1 Å². The molecule has 1 fully saturated rings. The van der Waals surface area contributed by atoms with E-state index in [2.05, 4.69) is 10.4 Å². The zero-order chi connectivity index (χ0) is 18.6. The van der Waals surface area contributed by atoms with Gasteiger partial charge in [0.05, 0.1) is 4.90 Å². The fraction of sp³-hybridized carbons (Fsp3) is 0.444. The van der Waals surface area contributed by atoms with Crippen molar-refractivity contribution >= 4 is 21.7 Å². The average molecular weight is 376 g/mol. The molecule has 26 heavy (non-hydrogen) atoms. The third kappa shape index (κ3) is 4.50. The van der Waals surface area contributed by atoms with Crippen LogP contribution in [0.2, 0.25) is 0 Å². The van der Waals surface area contributed by atoms with Crippen LogP contribution in [-0.4, -0.2) is 41.5 Å². The first-order chi connectivity index (χ1) is 12.4. The van der Waals surface area contributed by atoms with Gasteiger partial charge < -0.3 is 5.32 Å². The molecule has 8 heteroatoms. The van der Waals surface area contributed by atoms with Crippen LogP contribution >= 0.6 is 0 Å². The molecule has 0 unspecified atom stereocenters. The lowest BCUT2D eigenvalue weighted by Crippen LogP contribution is -2.35. The third-order valence-electron chi connectivity index (χ3n) is 4.50. The number of nitrogens with one attached hydrogen (secondary N) is 1. The van der Waals surface area contributed by atoms with Gasteiger partial charge in [0.1, 0.15) is 0 Å². The highest BCUT2D eigenvalue weighted by Crippen LogP contribution is 2.21. The van der Waals surface area contributed by atoms with Crippen LogP contribution in [0.1, 0.15) is 31.2 Å². The predicted molar refractivity (Wildman–Crippen MR) is 99.2 cm³/mol. The Kier molecular flexibility index (Phi) is 5.73. The van der Waals surface area contributed by atoms with Crippen molar-refractivity contribution in [1.29, 1.82) is 0 Å². The summed E-state index contributed by atoms with van der Waals surface area (Å²) in [5, 5.41) is 6.84. The van der Waals surface area contributed by atoms with Crippen LogP contribution < -0.4 is 5.32 Å². The number of aromatic nitrogens is 2. The van der Waals surface area contributed by atoms with Crippen molar-refractivity contribution in [3.05, 3.63) is 42.1 Å². The fourth-order valence-electron chi connectivity index (χ4n) is 3.03. The maximum absolute atomic E-state index is 12.6. The second kappa shape index (κ2) is 8.01. The Bertz CT molecular complexity index is 853. The minimum Gasteiger partial charge on any atom is -0.309 e. The number of anilines is 1. The van der Waals surface area contributed by atoms with E-state index in [1.165, 1.54) is 0 Å². The van der Waals surface area contributed by atoms with E-state index in [0.717, 1.165) is 24.8 Å². The number of rotatable bonds is 6. The molecule has 1 saturated heterocycles. The summed E-state index contributed by atoms with van der Waals surface area (Å²) >= 11 is 0. The number of carbonyl (C=O) groups excluding carboxylic acids is 1. The number of amides is 1. The second-order valence-electron chi connectivity index (χ2n) is 6.53. The zero-order valence-corrected chi connectivity index (χ0v) is 15.7. The van der Waals surface area contributed by atoms with Crippen LogP contribution in [0.3, 0.4) is 0 Å². The van der Waals surface area contributed by atoms with E-state index < -0.39 is 10.0 Å². The first-order valence-corrected chi connectivity index (χ1v) is 10.3. The summed E-state index contributed by atoms with van der Waals surface area (Å²) in [4.78, 5) is 12.3. The zero-order valence-electron chi connectivity index (χ0n) is 14.9. The average Bonchev–Trinajstić information content (AvgIpc) is 3.06. The molecule has 0 bridgehead atoms. The molecule has 2 heterocycles. The number of hydrogen-bond acceptors (Lipinski definition) is 4. The van der Waals surface area contributed by atoms with Crippen LogP contribution in [0, 0.1) is 0 Å². The summed E-state index contributed by atoms with van der Waals surface area (Å²) in [6.07, 6.45) is 5.55. The lowest BCUT2D eigenvalue weighted by molar-refractivity contribution is -0.116. The summed E-state index contributed by atoms with van der Waals surface area (Å²) < 4.78 is 28.4. The standard InChI is InChI=1S/C18H24N4O3S/c1-21-14-11-17(20-21)19-18(23)10-7-15-5-8-16(9-6-15)26(24,25)22-12-3-2-4-13-22/h5-6,8-9,11,14H,2-4,7,10,12-13H2,1H3,(H,19,20,23). The summed E-state index contributed by atoms with van der Waals surface area (Å²) in [5.74, 6) is 0.411. The van der Waals surface area contributed by atoms with Crippen molar-refractivity contribution in [2.24, 2.45) is 7.05 Å². The van der Waals surface area contributed by atoms with Crippen molar-refractivity contribution in [3.8, 4) is 0 Å². The minimum absolute atomic E-state index is 0.117. The van der Waals surface area contributed by atoms with E-state index in [9.17, 15) is 13.2 Å². The minimum atomic E-state index is -3.40. The van der Waals surface area contributed by atoms with E-state index in [1.807, 2.05) is 0 Å². The smallest absolute Gasteiger partial charge is 0.243 e. The van der Waals surface area contributed by atoms with Crippen molar-refractivity contribution < 1.29 is 13.2 Å². The van der Waals surface area contributed by atoms with Gasteiger partial charge in [-0.15, -0.1) is 0 Å². The topological polar surface area (TPSA) is 84.3 Å². The van der Waals surface area contributed by atoms with Gasteiger partial charge in [0, 0.05) is 38.8 Å². The van der Waals surface area contributed by atoms with E-state index in [4.69, 9.17) is 0 Å². The number of sulfonamides is 1. The van der Waals surface area contributed by atoms with Crippen molar-refractivity contribution in [2.75, 3.05) is 18.4 Å². The Balaban J connectivity index is 1.56. The number of hydrogen-bond donors (Lipinski definition) is 1. The fourth-order valence-corrected chi connectivity index (χ4v) is 4.54. The number of nitrogens with zero attached hydrogens (tertiary/aromatic N) is 3. The Morgan fingerprint density at radius 3 is 2.42 bits per heavy atom. The second-order valence-corrected chi connectivity index (χ2v) is 8.47. The maximum atomic E-state index is 12.6. The molecule has 2 aromatic rings. The predicted octanol–water partition coefficient (Wildman–Crippen LogP) is 2.17. The molecule has 1 aliphatic heterocycles. The first kappa shape index (κ1) is 18.6. The van der Waals surface area contributed by atoms with Crippen LogP contribution in [0.25, 0.3) is 0 Å². The van der Waals surface area contributed by atoms with E-state index in [1.54, 1.807) is 52.6 Å². The first-order valence-electron chi connectivity index (χ1n) is 8.84. The summed E-state index contributed by atoms with van der Waals surface area (Å²) in [5.41, 5.74) is 0.929. The van der Waals surface area contributed by atoms with Gasteiger partial charge in [-0.1, -0.05) is 18.6 Å². The van der Waals surface area contributed by atoms with Gasteiger partial charge in [0.15, 0.2) is 5.82 Å². The molecular weight excluding hydrogens is 352 g/mol. The maximum Gasteiger partial charge on any atom is 0.243 e. The number of benzene rings is 1. The monoisotopic (exact) mass is 376 g/mol. The Labute approximate surface area is 154 Å². The van der Waals surface area contributed by atoms with Gasteiger partial charge in [0.25, 0.3) is 0 Å². The SMILES string of the molecule is Cn1ccc(NC(=O)CCc2ccc(S(=O)(=O)N3CCCCC3)cc2)n1. The van der Waals surface area contributed by atoms with Gasteiger partial charge in [-0.2, -0.15) is 9.40 Å². The normalized spacial score (nSPS) is 15.7. The molecule has 0 aliphatic carbocycles. The van der Waals surface area contributed by atoms with E-state index >= 15 is 0 Å².